The van der Waals surface area contributed by atoms with Crippen LogP contribution in [-0.4, -0.2) is 54.7 Å². The molecule has 1 aromatic heterocycles. The second-order valence-electron chi connectivity index (χ2n) is 5.95. The van der Waals surface area contributed by atoms with Gasteiger partial charge in [0, 0.05) is 37.8 Å². The number of hydrogen-bond donors (Lipinski definition) is 0. The summed E-state index contributed by atoms with van der Waals surface area (Å²) in [6, 6.07) is 10.7. The van der Waals surface area contributed by atoms with E-state index in [9.17, 15) is 13.2 Å². The van der Waals surface area contributed by atoms with E-state index in [1.165, 1.54) is 22.0 Å². The van der Waals surface area contributed by atoms with Gasteiger partial charge in [0.2, 0.25) is 10.0 Å². The molecule has 3 rings (SSSR count). The second kappa shape index (κ2) is 8.39. The molecule has 1 fully saturated rings. The molecule has 1 aliphatic heterocycles. The van der Waals surface area contributed by atoms with Gasteiger partial charge in [-0.1, -0.05) is 53.5 Å². The molecule has 142 valence electrons. The summed E-state index contributed by atoms with van der Waals surface area (Å²) < 4.78 is 26.3. The Morgan fingerprint density at radius 2 is 1.74 bits per heavy atom. The van der Waals surface area contributed by atoms with Crippen molar-refractivity contribution < 1.29 is 13.2 Å². The Bertz CT molecular complexity index is 957. The van der Waals surface area contributed by atoms with Gasteiger partial charge >= 0.3 is 0 Å². The highest BCUT2D eigenvalue weighted by Gasteiger charge is 2.28. The van der Waals surface area contributed by atoms with Crippen LogP contribution in [0.25, 0.3) is 6.08 Å². The molecule has 0 spiro atoms. The van der Waals surface area contributed by atoms with E-state index in [0.29, 0.717) is 5.56 Å². The van der Waals surface area contributed by atoms with Crippen molar-refractivity contribution in [2.45, 2.75) is 0 Å². The molecule has 1 aliphatic rings. The van der Waals surface area contributed by atoms with Crippen LogP contribution in [0.3, 0.4) is 0 Å². The summed E-state index contributed by atoms with van der Waals surface area (Å²) >= 11 is 11.7. The lowest BCUT2D eigenvalue weighted by atomic mass is 10.2. The molecule has 1 aromatic carbocycles. The van der Waals surface area contributed by atoms with E-state index in [2.05, 4.69) is 4.98 Å². The lowest BCUT2D eigenvalue weighted by molar-refractivity contribution is 0.0698. The highest BCUT2D eigenvalue weighted by molar-refractivity contribution is 7.92. The molecule has 27 heavy (non-hydrogen) atoms. The van der Waals surface area contributed by atoms with Crippen molar-refractivity contribution in [3.63, 3.8) is 0 Å². The van der Waals surface area contributed by atoms with Crippen LogP contribution in [0.2, 0.25) is 10.2 Å². The van der Waals surface area contributed by atoms with Gasteiger partial charge in [-0.25, -0.2) is 13.4 Å². The zero-order valence-electron chi connectivity index (χ0n) is 14.3. The van der Waals surface area contributed by atoms with Crippen LogP contribution >= 0.6 is 23.2 Å². The lowest BCUT2D eigenvalue weighted by Gasteiger charge is -2.33. The summed E-state index contributed by atoms with van der Waals surface area (Å²) in [5.41, 5.74) is 1.13. The van der Waals surface area contributed by atoms with E-state index in [1.807, 2.05) is 30.3 Å². The standard InChI is InChI=1S/C18H17Cl2N3O3S/c19-16-12-15(13-21-17(16)20)18(24)22-7-9-23(10-8-22)27(25,26)11-6-14-4-2-1-3-5-14/h1-6,11-13H,7-10H2/b11-6+. The minimum Gasteiger partial charge on any atom is -0.336 e. The largest absolute Gasteiger partial charge is 0.336 e. The first-order valence-corrected chi connectivity index (χ1v) is 10.5. The van der Waals surface area contributed by atoms with E-state index in [1.54, 1.807) is 11.0 Å². The number of halogens is 2. The SMILES string of the molecule is O=C(c1cnc(Cl)c(Cl)c1)N1CCN(S(=O)(=O)/C=C/c2ccccc2)CC1. The van der Waals surface area contributed by atoms with Crippen LogP contribution < -0.4 is 0 Å². The number of rotatable bonds is 4. The van der Waals surface area contributed by atoms with Crippen LogP contribution in [0, 0.1) is 0 Å². The van der Waals surface area contributed by atoms with E-state index in [0.717, 1.165) is 5.56 Å². The van der Waals surface area contributed by atoms with Gasteiger partial charge in [-0.3, -0.25) is 4.79 Å². The maximum Gasteiger partial charge on any atom is 0.255 e. The number of sulfonamides is 1. The Labute approximate surface area is 168 Å². The maximum absolute atomic E-state index is 12.5. The van der Waals surface area contributed by atoms with E-state index in [4.69, 9.17) is 23.2 Å². The smallest absolute Gasteiger partial charge is 0.255 e. The van der Waals surface area contributed by atoms with Gasteiger partial charge in [0.1, 0.15) is 5.15 Å². The highest BCUT2D eigenvalue weighted by Crippen LogP contribution is 2.21. The molecule has 0 atom stereocenters. The Morgan fingerprint density at radius 1 is 1.07 bits per heavy atom. The van der Waals surface area contributed by atoms with Crippen LogP contribution in [0.4, 0.5) is 0 Å². The molecule has 1 saturated heterocycles. The van der Waals surface area contributed by atoms with Crippen molar-refractivity contribution in [2.75, 3.05) is 26.2 Å². The Balaban J connectivity index is 1.63. The molecule has 1 amide bonds. The van der Waals surface area contributed by atoms with Gasteiger partial charge in [0.15, 0.2) is 0 Å². The molecule has 0 radical (unpaired) electrons. The average molecular weight is 426 g/mol. The third-order valence-electron chi connectivity index (χ3n) is 4.16. The Hall–Kier alpha value is -1.93. The van der Waals surface area contributed by atoms with Crippen molar-refractivity contribution in [3.8, 4) is 0 Å². The molecular formula is C18H17Cl2N3O3S. The summed E-state index contributed by atoms with van der Waals surface area (Å²) in [7, 11) is -3.54. The fraction of sp³-hybridized carbons (Fsp3) is 0.222. The molecule has 0 saturated carbocycles. The van der Waals surface area contributed by atoms with Crippen molar-refractivity contribution in [1.29, 1.82) is 0 Å². The minimum atomic E-state index is -3.54. The average Bonchev–Trinajstić information content (AvgIpc) is 2.69. The quantitative estimate of drug-likeness (QED) is 0.705. The number of hydrogen-bond acceptors (Lipinski definition) is 4. The summed E-state index contributed by atoms with van der Waals surface area (Å²) in [5.74, 6) is -0.252. The predicted molar refractivity (Wildman–Crippen MR) is 106 cm³/mol. The van der Waals surface area contributed by atoms with Crippen LogP contribution in [0.5, 0.6) is 0 Å². The van der Waals surface area contributed by atoms with E-state index >= 15 is 0 Å². The van der Waals surface area contributed by atoms with Gasteiger partial charge in [0.25, 0.3) is 5.91 Å². The number of nitrogens with zero attached hydrogens (tertiary/aromatic N) is 3. The molecule has 2 heterocycles. The second-order valence-corrected chi connectivity index (χ2v) is 8.53. The molecule has 9 heteroatoms. The third kappa shape index (κ3) is 4.87. The monoisotopic (exact) mass is 425 g/mol. The Morgan fingerprint density at radius 3 is 2.37 bits per heavy atom. The number of piperazine rings is 1. The third-order valence-corrected chi connectivity index (χ3v) is 6.41. The summed E-state index contributed by atoms with van der Waals surface area (Å²) in [6.45, 7) is 1.03. The zero-order chi connectivity index (χ0) is 19.4. The minimum absolute atomic E-state index is 0.134. The van der Waals surface area contributed by atoms with Gasteiger partial charge in [-0.05, 0) is 17.7 Å². The molecule has 0 N–H and O–H groups in total. The summed E-state index contributed by atoms with van der Waals surface area (Å²) in [5, 5.41) is 1.53. The fourth-order valence-corrected chi connectivity index (χ4v) is 4.12. The summed E-state index contributed by atoms with van der Waals surface area (Å²) in [6.07, 6.45) is 2.93. The number of amides is 1. The van der Waals surface area contributed by atoms with Crippen molar-refractivity contribution in [3.05, 3.63) is 69.3 Å². The van der Waals surface area contributed by atoms with Crippen molar-refractivity contribution >= 4 is 45.2 Å². The molecule has 2 aromatic rings. The predicted octanol–water partition coefficient (Wildman–Crippen LogP) is 3.15. The first-order chi connectivity index (χ1) is 12.9. The van der Waals surface area contributed by atoms with Crippen LogP contribution in [-0.2, 0) is 10.0 Å². The molecule has 6 nitrogen and oxygen atoms in total. The van der Waals surface area contributed by atoms with Gasteiger partial charge < -0.3 is 4.90 Å². The lowest BCUT2D eigenvalue weighted by Crippen LogP contribution is -2.50. The van der Waals surface area contributed by atoms with Gasteiger partial charge in [0.05, 0.1) is 10.6 Å². The number of aromatic nitrogens is 1. The van der Waals surface area contributed by atoms with Crippen molar-refractivity contribution in [2.24, 2.45) is 0 Å². The fourth-order valence-electron chi connectivity index (χ4n) is 2.68. The number of benzene rings is 1. The number of carbonyl (C=O) groups excluding carboxylic acids is 1. The number of carbonyl (C=O) groups is 1. The Kier molecular flexibility index (Phi) is 6.16. The normalized spacial score (nSPS) is 16.0. The van der Waals surface area contributed by atoms with Gasteiger partial charge in [-0.15, -0.1) is 0 Å². The molecule has 0 bridgehead atoms. The van der Waals surface area contributed by atoms with Crippen molar-refractivity contribution in [1.82, 2.24) is 14.2 Å². The summed E-state index contributed by atoms with van der Waals surface area (Å²) in [4.78, 5) is 18.0. The number of pyridine rings is 1. The zero-order valence-corrected chi connectivity index (χ0v) is 16.6. The van der Waals surface area contributed by atoms with Crippen LogP contribution in [0.1, 0.15) is 15.9 Å². The maximum atomic E-state index is 12.5. The topological polar surface area (TPSA) is 70.6 Å². The van der Waals surface area contributed by atoms with Crippen LogP contribution in [0.15, 0.2) is 48.0 Å². The van der Waals surface area contributed by atoms with E-state index in [-0.39, 0.29) is 42.3 Å². The van der Waals surface area contributed by atoms with E-state index < -0.39 is 10.0 Å². The first kappa shape index (κ1) is 19.8. The molecule has 0 unspecified atom stereocenters. The molecular weight excluding hydrogens is 409 g/mol. The highest BCUT2D eigenvalue weighted by atomic mass is 35.5. The first-order valence-electron chi connectivity index (χ1n) is 8.20. The van der Waals surface area contributed by atoms with Gasteiger partial charge in [-0.2, -0.15) is 4.31 Å². The molecule has 0 aliphatic carbocycles.